The summed E-state index contributed by atoms with van der Waals surface area (Å²) in [5.41, 5.74) is 6.32. The number of hydrogen-bond donors (Lipinski definition) is 2. The molecule has 3 N–H and O–H groups in total. The summed E-state index contributed by atoms with van der Waals surface area (Å²) in [5, 5.41) is 11.5. The number of amides is 1. The molecule has 0 aromatic carbocycles. The van der Waals surface area contributed by atoms with E-state index in [2.05, 4.69) is 37.8 Å². The molecular weight excluding hydrogens is 268 g/mol. The summed E-state index contributed by atoms with van der Waals surface area (Å²) in [5.74, 6) is 0.666. The van der Waals surface area contributed by atoms with E-state index in [4.69, 9.17) is 10.9 Å². The predicted molar refractivity (Wildman–Crippen MR) is 82.3 cm³/mol. The van der Waals surface area contributed by atoms with Crippen molar-refractivity contribution in [2.24, 2.45) is 22.7 Å². The quantitative estimate of drug-likeness (QED) is 0.363. The maximum Gasteiger partial charge on any atom is 0.272 e. The van der Waals surface area contributed by atoms with Gasteiger partial charge < -0.3 is 15.8 Å². The molecular formula is C15H24N4O2. The number of aromatic nitrogens is 1. The highest BCUT2D eigenvalue weighted by molar-refractivity contribution is 5.98. The minimum atomic E-state index is -0.0940. The SMILES string of the molecule is CC(C)CN(CC(C)C)C(=O)c1ccc(C(N)=NO)cn1. The van der Waals surface area contributed by atoms with Crippen LogP contribution in [0.15, 0.2) is 23.5 Å². The Hall–Kier alpha value is -2.11. The second-order valence-corrected chi connectivity index (χ2v) is 5.92. The molecule has 0 bridgehead atoms. The van der Waals surface area contributed by atoms with Crippen molar-refractivity contribution < 1.29 is 10.0 Å². The van der Waals surface area contributed by atoms with Crippen molar-refractivity contribution in [3.05, 3.63) is 29.6 Å². The monoisotopic (exact) mass is 292 g/mol. The molecule has 1 amide bonds. The van der Waals surface area contributed by atoms with Crippen LogP contribution in [0.3, 0.4) is 0 Å². The average Bonchev–Trinajstić information content (AvgIpc) is 2.44. The van der Waals surface area contributed by atoms with E-state index in [-0.39, 0.29) is 11.7 Å². The fourth-order valence-electron chi connectivity index (χ4n) is 2.01. The summed E-state index contributed by atoms with van der Waals surface area (Å²) >= 11 is 0. The Balaban J connectivity index is 2.92. The van der Waals surface area contributed by atoms with E-state index in [9.17, 15) is 4.79 Å². The third kappa shape index (κ3) is 5.06. The topological polar surface area (TPSA) is 91.8 Å². The zero-order valence-corrected chi connectivity index (χ0v) is 13.1. The van der Waals surface area contributed by atoms with E-state index >= 15 is 0 Å². The molecule has 0 fully saturated rings. The predicted octanol–water partition coefficient (Wildman–Crippen LogP) is 1.93. The number of rotatable bonds is 6. The number of carbonyl (C=O) groups is 1. The number of carbonyl (C=O) groups excluding carboxylic acids is 1. The van der Waals surface area contributed by atoms with Gasteiger partial charge in [-0.1, -0.05) is 32.9 Å². The van der Waals surface area contributed by atoms with Crippen LogP contribution in [0, 0.1) is 11.8 Å². The highest BCUT2D eigenvalue weighted by atomic mass is 16.4. The van der Waals surface area contributed by atoms with Crippen molar-refractivity contribution in [1.29, 1.82) is 0 Å². The number of hydrogen-bond acceptors (Lipinski definition) is 4. The van der Waals surface area contributed by atoms with E-state index in [0.29, 0.717) is 36.2 Å². The highest BCUT2D eigenvalue weighted by Gasteiger charge is 2.19. The van der Waals surface area contributed by atoms with Crippen LogP contribution in [0.5, 0.6) is 0 Å². The molecule has 0 aliphatic heterocycles. The van der Waals surface area contributed by atoms with Gasteiger partial charge in [0.25, 0.3) is 5.91 Å². The first-order valence-electron chi connectivity index (χ1n) is 7.08. The van der Waals surface area contributed by atoms with Crippen LogP contribution in [0.25, 0.3) is 0 Å². The van der Waals surface area contributed by atoms with Crippen LogP contribution >= 0.6 is 0 Å². The number of oxime groups is 1. The molecule has 0 aliphatic carbocycles. The van der Waals surface area contributed by atoms with Crippen LogP contribution < -0.4 is 5.73 Å². The number of nitrogens with two attached hydrogens (primary N) is 1. The summed E-state index contributed by atoms with van der Waals surface area (Å²) in [4.78, 5) is 18.5. The maximum atomic E-state index is 12.5. The van der Waals surface area contributed by atoms with Crippen LogP contribution in [-0.2, 0) is 0 Å². The molecule has 0 spiro atoms. The van der Waals surface area contributed by atoms with Crippen molar-refractivity contribution in [2.45, 2.75) is 27.7 Å². The third-order valence-corrected chi connectivity index (χ3v) is 2.84. The Morgan fingerprint density at radius 2 is 1.86 bits per heavy atom. The molecule has 1 aromatic rings. The normalized spacial score (nSPS) is 12.0. The standard InChI is InChI=1S/C15H24N4O2/c1-10(2)8-19(9-11(3)4)15(20)13-6-5-12(7-17-13)14(16)18-21/h5-7,10-11,21H,8-9H2,1-4H3,(H2,16,18). The number of nitrogens with zero attached hydrogens (tertiary/aromatic N) is 3. The lowest BCUT2D eigenvalue weighted by Crippen LogP contribution is -2.37. The molecule has 0 aliphatic rings. The lowest BCUT2D eigenvalue weighted by molar-refractivity contribution is 0.0709. The van der Waals surface area contributed by atoms with Crippen LogP contribution in [0.2, 0.25) is 0 Å². The molecule has 1 aromatic heterocycles. The largest absolute Gasteiger partial charge is 0.409 e. The van der Waals surface area contributed by atoms with Crippen molar-refractivity contribution in [3.8, 4) is 0 Å². The Morgan fingerprint density at radius 1 is 1.29 bits per heavy atom. The highest BCUT2D eigenvalue weighted by Crippen LogP contribution is 2.09. The molecule has 0 radical (unpaired) electrons. The first-order valence-corrected chi connectivity index (χ1v) is 7.08. The van der Waals surface area contributed by atoms with Gasteiger partial charge in [0.15, 0.2) is 5.84 Å². The number of pyridine rings is 1. The fraction of sp³-hybridized carbons (Fsp3) is 0.533. The second-order valence-electron chi connectivity index (χ2n) is 5.92. The van der Waals surface area contributed by atoms with E-state index in [0.717, 1.165) is 0 Å². The molecule has 1 rings (SSSR count). The lowest BCUT2D eigenvalue weighted by atomic mass is 10.1. The van der Waals surface area contributed by atoms with E-state index in [1.54, 1.807) is 12.1 Å². The summed E-state index contributed by atoms with van der Waals surface area (Å²) < 4.78 is 0. The summed E-state index contributed by atoms with van der Waals surface area (Å²) in [7, 11) is 0. The van der Waals surface area contributed by atoms with Gasteiger partial charge in [0, 0.05) is 24.8 Å². The zero-order valence-electron chi connectivity index (χ0n) is 13.1. The Morgan fingerprint density at radius 3 is 2.24 bits per heavy atom. The van der Waals surface area contributed by atoms with Crippen LogP contribution in [0.1, 0.15) is 43.7 Å². The first-order chi connectivity index (χ1) is 9.85. The van der Waals surface area contributed by atoms with Crippen molar-refractivity contribution in [2.75, 3.05) is 13.1 Å². The number of amidine groups is 1. The van der Waals surface area contributed by atoms with Gasteiger partial charge >= 0.3 is 0 Å². The summed E-state index contributed by atoms with van der Waals surface area (Å²) in [6, 6.07) is 3.22. The van der Waals surface area contributed by atoms with E-state index < -0.39 is 0 Å². The zero-order chi connectivity index (χ0) is 16.0. The lowest BCUT2D eigenvalue weighted by Gasteiger charge is -2.26. The molecule has 0 saturated heterocycles. The Kier molecular flexibility index (Phi) is 6.14. The average molecular weight is 292 g/mol. The second kappa shape index (κ2) is 7.61. The minimum absolute atomic E-state index is 0.0253. The van der Waals surface area contributed by atoms with Gasteiger partial charge in [-0.3, -0.25) is 9.78 Å². The molecule has 6 nitrogen and oxygen atoms in total. The van der Waals surface area contributed by atoms with Gasteiger partial charge in [0.1, 0.15) is 5.69 Å². The van der Waals surface area contributed by atoms with Crippen molar-refractivity contribution in [3.63, 3.8) is 0 Å². The summed E-state index contributed by atoms with van der Waals surface area (Å²) in [6.07, 6.45) is 1.44. The van der Waals surface area contributed by atoms with Gasteiger partial charge in [-0.15, -0.1) is 0 Å². The smallest absolute Gasteiger partial charge is 0.272 e. The van der Waals surface area contributed by atoms with Gasteiger partial charge in [-0.2, -0.15) is 0 Å². The fourth-order valence-corrected chi connectivity index (χ4v) is 2.01. The Bertz CT molecular complexity index is 485. The maximum absolute atomic E-state index is 12.5. The van der Waals surface area contributed by atoms with Gasteiger partial charge in [-0.05, 0) is 24.0 Å². The van der Waals surface area contributed by atoms with Crippen LogP contribution in [0.4, 0.5) is 0 Å². The molecule has 0 unspecified atom stereocenters. The van der Waals surface area contributed by atoms with Crippen molar-refractivity contribution >= 4 is 11.7 Å². The molecule has 1 heterocycles. The van der Waals surface area contributed by atoms with E-state index in [1.165, 1.54) is 6.20 Å². The summed E-state index contributed by atoms with van der Waals surface area (Å²) in [6.45, 7) is 9.71. The van der Waals surface area contributed by atoms with Crippen molar-refractivity contribution in [1.82, 2.24) is 9.88 Å². The first kappa shape index (κ1) is 16.9. The van der Waals surface area contributed by atoms with Gasteiger partial charge in [0.2, 0.25) is 0 Å². The van der Waals surface area contributed by atoms with Crippen LogP contribution in [-0.4, -0.2) is 39.9 Å². The minimum Gasteiger partial charge on any atom is -0.409 e. The molecule has 0 atom stereocenters. The third-order valence-electron chi connectivity index (χ3n) is 2.84. The Labute approximate surface area is 125 Å². The van der Waals surface area contributed by atoms with Gasteiger partial charge in [-0.25, -0.2) is 0 Å². The molecule has 0 saturated carbocycles. The van der Waals surface area contributed by atoms with Gasteiger partial charge in [0.05, 0.1) is 0 Å². The molecule has 116 valence electrons. The van der Waals surface area contributed by atoms with E-state index in [1.807, 2.05) is 4.90 Å². The molecule has 21 heavy (non-hydrogen) atoms. The molecule has 6 heteroatoms.